The number of hydrogen-bond donors (Lipinski definition) is 1. The Morgan fingerprint density at radius 1 is 1.14 bits per heavy atom. The van der Waals surface area contributed by atoms with Crippen molar-refractivity contribution in [1.82, 2.24) is 24.4 Å². The first-order valence-corrected chi connectivity index (χ1v) is 12.5. The summed E-state index contributed by atoms with van der Waals surface area (Å²) < 4.78 is 26.8. The van der Waals surface area contributed by atoms with Crippen LogP contribution in [0.3, 0.4) is 0 Å². The molecule has 1 fully saturated rings. The highest BCUT2D eigenvalue weighted by Crippen LogP contribution is 2.48. The van der Waals surface area contributed by atoms with Crippen LogP contribution in [-0.4, -0.2) is 56.4 Å². The first kappa shape index (κ1) is 19.0. The highest BCUT2D eigenvalue weighted by molar-refractivity contribution is 5.98. The maximum absolute atomic E-state index is 13.7. The van der Waals surface area contributed by atoms with Crippen molar-refractivity contribution in [2.75, 3.05) is 25.0 Å². The van der Waals surface area contributed by atoms with Crippen molar-refractivity contribution < 1.29 is 8.91 Å². The van der Waals surface area contributed by atoms with Gasteiger partial charge in [-0.3, -0.25) is 4.79 Å². The molecular weight excluding hydrogens is 462 g/mol. The van der Waals surface area contributed by atoms with E-state index >= 15 is 0 Å². The molecule has 3 atom stereocenters. The van der Waals surface area contributed by atoms with Crippen molar-refractivity contribution in [3.8, 4) is 23.0 Å². The average Bonchev–Trinajstić information content (AvgIpc) is 3.60. The highest BCUT2D eigenvalue weighted by atomic mass is 16.2. The van der Waals surface area contributed by atoms with Crippen molar-refractivity contribution in [3.05, 3.63) is 71.3 Å². The third kappa shape index (κ3) is 3.27. The maximum Gasteiger partial charge on any atom is 0.254 e. The number of benzene rings is 2. The highest BCUT2D eigenvalue weighted by Gasteiger charge is 2.44. The summed E-state index contributed by atoms with van der Waals surface area (Å²) in [5, 5.41) is 0. The van der Waals surface area contributed by atoms with Crippen molar-refractivity contribution in [3.63, 3.8) is 0 Å². The van der Waals surface area contributed by atoms with E-state index in [0.29, 0.717) is 23.8 Å². The van der Waals surface area contributed by atoms with Crippen LogP contribution in [0.1, 0.15) is 63.3 Å². The van der Waals surface area contributed by atoms with Crippen LogP contribution in [0.25, 0.3) is 22.2 Å². The zero-order valence-corrected chi connectivity index (χ0v) is 20.3. The van der Waals surface area contributed by atoms with E-state index in [1.54, 1.807) is 19.1 Å². The van der Waals surface area contributed by atoms with Crippen LogP contribution in [0.15, 0.2) is 48.8 Å². The fraction of sp³-hybridized carbons (Fsp3) is 0.310. The van der Waals surface area contributed by atoms with Gasteiger partial charge in [0.2, 0.25) is 5.95 Å². The molecule has 7 rings (SSSR count). The lowest BCUT2D eigenvalue weighted by Gasteiger charge is -2.24. The molecular formula is C29H27N7O. The summed E-state index contributed by atoms with van der Waals surface area (Å²) in [5.41, 5.74) is 11.3. The molecule has 0 spiro atoms. The van der Waals surface area contributed by atoms with E-state index in [9.17, 15) is 4.79 Å². The molecule has 0 radical (unpaired) electrons. The summed E-state index contributed by atoms with van der Waals surface area (Å²) in [7, 11) is 0. The topological polar surface area (TPSA) is 93.2 Å². The third-order valence-corrected chi connectivity index (χ3v) is 7.71. The Kier molecular flexibility index (Phi) is 4.18. The Morgan fingerprint density at radius 3 is 2.76 bits per heavy atom. The third-order valence-electron chi connectivity index (χ3n) is 7.71. The second-order valence-electron chi connectivity index (χ2n) is 9.89. The van der Waals surface area contributed by atoms with E-state index in [0.717, 1.165) is 57.7 Å². The monoisotopic (exact) mass is 492 g/mol. The van der Waals surface area contributed by atoms with Crippen LogP contribution in [0.4, 0.5) is 5.95 Å². The van der Waals surface area contributed by atoms with Gasteiger partial charge in [0.05, 0.1) is 23.1 Å². The molecule has 2 aromatic heterocycles. The lowest BCUT2D eigenvalue weighted by molar-refractivity contribution is 0.0734. The van der Waals surface area contributed by atoms with Gasteiger partial charge in [-0.15, -0.1) is 5.92 Å². The van der Waals surface area contributed by atoms with Gasteiger partial charge in [0.15, 0.2) is 0 Å². The molecule has 4 aromatic rings. The predicted molar refractivity (Wildman–Crippen MR) is 142 cm³/mol. The van der Waals surface area contributed by atoms with Crippen LogP contribution in [0.5, 0.6) is 0 Å². The summed E-state index contributed by atoms with van der Waals surface area (Å²) in [6.45, 7) is 0.715. The number of amides is 1. The number of anilines is 1. The van der Waals surface area contributed by atoms with E-state index < -0.39 is 18.9 Å². The van der Waals surface area contributed by atoms with E-state index in [1.165, 1.54) is 0 Å². The van der Waals surface area contributed by atoms with Crippen molar-refractivity contribution in [2.45, 2.75) is 37.9 Å². The number of rotatable bonds is 2. The minimum atomic E-state index is -2.63. The van der Waals surface area contributed by atoms with Crippen molar-refractivity contribution in [1.29, 1.82) is 0 Å². The zero-order valence-electron chi connectivity index (χ0n) is 23.3. The Bertz CT molecular complexity index is 1730. The first-order chi connectivity index (χ1) is 19.2. The average molecular weight is 493 g/mol. The summed E-state index contributed by atoms with van der Waals surface area (Å²) in [5.74, 6) is 6.81. The van der Waals surface area contributed by atoms with E-state index in [1.807, 2.05) is 36.7 Å². The van der Waals surface area contributed by atoms with Crippen molar-refractivity contribution in [2.24, 2.45) is 5.73 Å². The number of hydrogen-bond acceptors (Lipinski definition) is 6. The Hall–Kier alpha value is -4.22. The Labute approximate surface area is 219 Å². The standard InChI is InChI=1S/C29H27N7O/c1-3-5-17-6-4-7-21-26(17)24-13-25(34(2)28(21)37)27-33-22-9-8-18(12-23(22)36(24)27)19-14-31-29(32-15-19)35-11-10-20(30)16-35/h4,6-9,12,14-15,20,24-25H,10-11,13,16,30H2,1-2H3/t20-,24-,25-/m1/s1/i2D3. The number of fused-ring (bicyclic) bond motifs is 9. The van der Waals surface area contributed by atoms with Crippen molar-refractivity contribution >= 4 is 22.9 Å². The normalized spacial score (nSPS) is 23.6. The molecule has 2 N–H and O–H groups in total. The molecule has 8 nitrogen and oxygen atoms in total. The van der Waals surface area contributed by atoms with Gasteiger partial charge in [-0.2, -0.15) is 0 Å². The number of carbonyl (C=O) groups is 1. The van der Waals surface area contributed by atoms with Gasteiger partial charge in [0, 0.05) is 71.3 Å². The SMILES string of the molecule is [2H]C([2H])([2H])N1C(=O)c2cccc(C#CC)c2[C@H]2C[C@@H]1c1nc3ccc(-c4cnc(N5CC[C@@H](N)C5)nc4)cc3n12. The van der Waals surface area contributed by atoms with E-state index in [2.05, 4.69) is 31.3 Å². The number of nitrogens with two attached hydrogens (primary N) is 1. The second-order valence-corrected chi connectivity index (χ2v) is 9.89. The Morgan fingerprint density at radius 2 is 2.00 bits per heavy atom. The summed E-state index contributed by atoms with van der Waals surface area (Å²) >= 11 is 0. The molecule has 1 amide bonds. The summed E-state index contributed by atoms with van der Waals surface area (Å²) in [6.07, 6.45) is 4.97. The van der Waals surface area contributed by atoms with Gasteiger partial charge in [0.25, 0.3) is 5.91 Å². The molecule has 2 bridgehead atoms. The fourth-order valence-corrected chi connectivity index (χ4v) is 5.97. The van der Waals surface area contributed by atoms with Gasteiger partial charge in [-0.05, 0) is 43.2 Å². The molecule has 0 aliphatic carbocycles. The molecule has 1 saturated heterocycles. The quantitative estimate of drug-likeness (QED) is 0.431. The van der Waals surface area contributed by atoms with Crippen LogP contribution in [-0.2, 0) is 0 Å². The van der Waals surface area contributed by atoms with Gasteiger partial charge in [-0.25, -0.2) is 15.0 Å². The lowest BCUT2D eigenvalue weighted by atomic mass is 9.93. The van der Waals surface area contributed by atoms with Crippen LogP contribution < -0.4 is 10.6 Å². The van der Waals surface area contributed by atoms with Gasteiger partial charge >= 0.3 is 0 Å². The molecule has 2 aromatic carbocycles. The smallest absolute Gasteiger partial charge is 0.254 e. The number of aromatic nitrogens is 4. The molecule has 184 valence electrons. The predicted octanol–water partition coefficient (Wildman–Crippen LogP) is 3.52. The maximum atomic E-state index is 13.7. The number of nitrogens with zero attached hydrogens (tertiary/aromatic N) is 6. The van der Waals surface area contributed by atoms with E-state index in [-0.39, 0.29) is 12.1 Å². The Balaban J connectivity index is 1.38. The van der Waals surface area contributed by atoms with Gasteiger partial charge < -0.3 is 20.1 Å². The minimum Gasteiger partial charge on any atom is -0.339 e. The number of imidazole rings is 1. The molecule has 3 aliphatic heterocycles. The molecule has 8 heteroatoms. The van der Waals surface area contributed by atoms with Crippen LogP contribution >= 0.6 is 0 Å². The lowest BCUT2D eigenvalue weighted by Crippen LogP contribution is -2.30. The zero-order chi connectivity index (χ0) is 27.8. The summed E-state index contributed by atoms with van der Waals surface area (Å²) in [4.78, 5) is 30.9. The molecule has 5 heterocycles. The molecule has 0 unspecified atom stereocenters. The summed E-state index contributed by atoms with van der Waals surface area (Å²) in [6, 6.07) is 10.4. The van der Waals surface area contributed by atoms with Gasteiger partial charge in [0.1, 0.15) is 5.82 Å². The molecule has 3 aliphatic rings. The minimum absolute atomic E-state index is 0.142. The number of carbonyl (C=O) groups excluding carboxylic acids is 1. The molecule has 0 saturated carbocycles. The largest absolute Gasteiger partial charge is 0.339 e. The van der Waals surface area contributed by atoms with Crippen LogP contribution in [0, 0.1) is 11.8 Å². The van der Waals surface area contributed by atoms with E-state index in [4.69, 9.17) is 14.8 Å². The van der Waals surface area contributed by atoms with Crippen LogP contribution in [0.2, 0.25) is 0 Å². The van der Waals surface area contributed by atoms with Gasteiger partial charge in [-0.1, -0.05) is 18.1 Å². The second kappa shape index (κ2) is 8.15. The molecule has 37 heavy (non-hydrogen) atoms. The first-order valence-electron chi connectivity index (χ1n) is 14.0. The fourth-order valence-electron chi connectivity index (χ4n) is 5.97.